The molecule has 1 aromatic carbocycles. The van der Waals surface area contributed by atoms with E-state index >= 15 is 0 Å². The molecule has 0 aliphatic carbocycles. The molecule has 0 aromatic heterocycles. The second kappa shape index (κ2) is 16.3. The van der Waals surface area contributed by atoms with Crippen LogP contribution in [0.2, 0.25) is 0 Å². The van der Waals surface area contributed by atoms with Crippen LogP contribution in [0.5, 0.6) is 0 Å². The zero-order valence-electron chi connectivity index (χ0n) is 17.2. The first-order chi connectivity index (χ1) is 12.9. The van der Waals surface area contributed by atoms with Crippen molar-refractivity contribution in [3.8, 4) is 0 Å². The molecule has 1 aromatic rings. The Morgan fingerprint density at radius 3 is 1.44 bits per heavy atom. The summed E-state index contributed by atoms with van der Waals surface area (Å²) in [6.07, 6.45) is 14.4. The van der Waals surface area contributed by atoms with E-state index in [1.54, 1.807) is 0 Å². The molecule has 0 aliphatic heterocycles. The number of hydrogen-bond donors (Lipinski definition) is 2. The van der Waals surface area contributed by atoms with Crippen LogP contribution in [0.4, 0.5) is 0 Å². The van der Waals surface area contributed by atoms with E-state index in [2.05, 4.69) is 25.9 Å². The fourth-order valence-corrected chi connectivity index (χ4v) is 2.77. The molecule has 0 spiro atoms. The average molecular weight is 380 g/mol. The van der Waals surface area contributed by atoms with E-state index < -0.39 is 11.9 Å². The smallest absolute Gasteiger partial charge is 0.336 e. The van der Waals surface area contributed by atoms with Crippen molar-refractivity contribution in [3.63, 3.8) is 0 Å². The van der Waals surface area contributed by atoms with E-state index in [4.69, 9.17) is 10.2 Å². The van der Waals surface area contributed by atoms with Crippen molar-refractivity contribution in [2.24, 2.45) is 0 Å². The first-order valence-corrected chi connectivity index (χ1v) is 10.1. The van der Waals surface area contributed by atoms with Crippen LogP contribution in [-0.2, 0) is 0 Å². The summed E-state index contributed by atoms with van der Waals surface area (Å²) >= 11 is 0. The monoisotopic (exact) mass is 379 g/mol. The van der Waals surface area contributed by atoms with E-state index in [1.807, 2.05) is 0 Å². The van der Waals surface area contributed by atoms with E-state index in [9.17, 15) is 9.59 Å². The van der Waals surface area contributed by atoms with Crippen LogP contribution in [0.3, 0.4) is 0 Å². The zero-order valence-corrected chi connectivity index (χ0v) is 17.2. The summed E-state index contributed by atoms with van der Waals surface area (Å²) in [6, 6.07) is 5.48. The zero-order chi connectivity index (χ0) is 20.5. The van der Waals surface area contributed by atoms with Gasteiger partial charge < -0.3 is 15.1 Å². The predicted molar refractivity (Wildman–Crippen MR) is 111 cm³/mol. The highest BCUT2D eigenvalue weighted by molar-refractivity contribution is 6.01. The van der Waals surface area contributed by atoms with Crippen LogP contribution >= 0.6 is 0 Å². The second-order valence-electron chi connectivity index (χ2n) is 7.14. The minimum absolute atomic E-state index is 0.190. The molecular weight excluding hydrogens is 342 g/mol. The van der Waals surface area contributed by atoms with Gasteiger partial charge in [-0.25, -0.2) is 9.59 Å². The first kappa shape index (κ1) is 25.1. The molecule has 0 fully saturated rings. The largest absolute Gasteiger partial charge is 0.478 e. The maximum absolute atomic E-state index is 10.5. The molecule has 2 N–H and O–H groups in total. The Bertz CT molecular complexity index is 496. The molecule has 154 valence electrons. The van der Waals surface area contributed by atoms with Crippen molar-refractivity contribution in [3.05, 3.63) is 35.4 Å². The number of benzene rings is 1. The molecule has 0 unspecified atom stereocenters. The SMILES string of the molecule is CCCCCCCCCCCCN(C)C.O=C(O)c1ccccc1C(=O)O. The Morgan fingerprint density at radius 2 is 1.11 bits per heavy atom. The minimum atomic E-state index is -1.23. The third-order valence-electron chi connectivity index (χ3n) is 4.35. The van der Waals surface area contributed by atoms with Gasteiger partial charge in [0.25, 0.3) is 0 Å². The maximum Gasteiger partial charge on any atom is 0.336 e. The van der Waals surface area contributed by atoms with Gasteiger partial charge in [0, 0.05) is 0 Å². The summed E-state index contributed by atoms with van der Waals surface area (Å²) in [5.74, 6) is -2.46. The number of carboxylic acid groups (broad SMARTS) is 2. The van der Waals surface area contributed by atoms with Gasteiger partial charge in [0.15, 0.2) is 0 Å². The number of carboxylic acids is 2. The summed E-state index contributed by atoms with van der Waals surface area (Å²) in [5, 5.41) is 17.1. The molecule has 0 aliphatic rings. The minimum Gasteiger partial charge on any atom is -0.478 e. The van der Waals surface area contributed by atoms with Crippen molar-refractivity contribution >= 4 is 11.9 Å². The molecule has 0 amide bonds. The Kier molecular flexibility index (Phi) is 15.2. The summed E-state index contributed by atoms with van der Waals surface area (Å²) in [5.41, 5.74) is -0.380. The Balaban J connectivity index is 0.000000511. The number of rotatable bonds is 13. The van der Waals surface area contributed by atoms with Gasteiger partial charge in [0.1, 0.15) is 0 Å². The van der Waals surface area contributed by atoms with Crippen LogP contribution in [0.25, 0.3) is 0 Å². The molecule has 0 heterocycles. The fraction of sp³-hybridized carbons (Fsp3) is 0.636. The predicted octanol–water partition coefficient (Wildman–Crippen LogP) is 5.55. The second-order valence-corrected chi connectivity index (χ2v) is 7.14. The molecule has 0 radical (unpaired) electrons. The molecule has 0 bridgehead atoms. The maximum atomic E-state index is 10.5. The van der Waals surface area contributed by atoms with Crippen LogP contribution in [0.15, 0.2) is 24.3 Å². The number of hydrogen-bond acceptors (Lipinski definition) is 3. The standard InChI is InChI=1S/C14H31N.C8H6O4/c1-4-5-6-7-8-9-10-11-12-13-14-15(2)3;9-7(10)5-3-1-2-4-6(5)8(11)12/h4-14H2,1-3H3;1-4H,(H,9,10)(H,11,12). The number of carbonyl (C=O) groups is 2. The van der Waals surface area contributed by atoms with Crippen molar-refractivity contribution in [1.29, 1.82) is 0 Å². The average Bonchev–Trinajstić information content (AvgIpc) is 2.63. The van der Waals surface area contributed by atoms with E-state index in [1.165, 1.54) is 95.0 Å². The molecule has 0 saturated heterocycles. The van der Waals surface area contributed by atoms with Crippen LogP contribution < -0.4 is 0 Å². The first-order valence-electron chi connectivity index (χ1n) is 10.1. The van der Waals surface area contributed by atoms with Crippen molar-refractivity contribution in [2.45, 2.75) is 71.1 Å². The highest BCUT2D eigenvalue weighted by atomic mass is 16.4. The number of unbranched alkanes of at least 4 members (excludes halogenated alkanes) is 9. The lowest BCUT2D eigenvalue weighted by Gasteiger charge is -2.08. The molecule has 27 heavy (non-hydrogen) atoms. The Labute approximate surface area is 164 Å². The van der Waals surface area contributed by atoms with Gasteiger partial charge >= 0.3 is 11.9 Å². The summed E-state index contributed by atoms with van der Waals surface area (Å²) in [4.78, 5) is 23.2. The van der Waals surface area contributed by atoms with Crippen molar-refractivity contribution in [2.75, 3.05) is 20.6 Å². The van der Waals surface area contributed by atoms with Gasteiger partial charge in [-0.3, -0.25) is 0 Å². The van der Waals surface area contributed by atoms with E-state index in [0.717, 1.165) is 0 Å². The molecule has 0 saturated carbocycles. The van der Waals surface area contributed by atoms with Crippen LogP contribution in [0, 0.1) is 0 Å². The normalized spacial score (nSPS) is 10.4. The molecule has 5 nitrogen and oxygen atoms in total. The van der Waals surface area contributed by atoms with E-state index in [-0.39, 0.29) is 11.1 Å². The highest BCUT2D eigenvalue weighted by Crippen LogP contribution is 2.10. The van der Waals surface area contributed by atoms with Crippen LogP contribution in [-0.4, -0.2) is 47.7 Å². The highest BCUT2D eigenvalue weighted by Gasteiger charge is 2.13. The summed E-state index contributed by atoms with van der Waals surface area (Å²) in [6.45, 7) is 3.54. The molecule has 5 heteroatoms. The van der Waals surface area contributed by atoms with Crippen molar-refractivity contribution in [1.82, 2.24) is 4.90 Å². The van der Waals surface area contributed by atoms with Gasteiger partial charge in [-0.15, -0.1) is 0 Å². The molecular formula is C22H37NO4. The quantitative estimate of drug-likeness (QED) is 0.439. The Hall–Kier alpha value is -1.88. The van der Waals surface area contributed by atoms with Gasteiger partial charge in [0.05, 0.1) is 11.1 Å². The van der Waals surface area contributed by atoms with E-state index in [0.29, 0.717) is 0 Å². The van der Waals surface area contributed by atoms with Gasteiger partial charge in [-0.2, -0.15) is 0 Å². The molecule has 0 atom stereocenters. The Morgan fingerprint density at radius 1 is 0.741 bits per heavy atom. The lowest BCUT2D eigenvalue weighted by Crippen LogP contribution is -2.12. The lowest BCUT2D eigenvalue weighted by molar-refractivity contribution is 0.0651. The van der Waals surface area contributed by atoms with Crippen LogP contribution in [0.1, 0.15) is 91.8 Å². The lowest BCUT2D eigenvalue weighted by atomic mass is 10.1. The van der Waals surface area contributed by atoms with Crippen molar-refractivity contribution < 1.29 is 19.8 Å². The summed E-state index contributed by atoms with van der Waals surface area (Å²) < 4.78 is 0. The topological polar surface area (TPSA) is 77.8 Å². The number of aromatic carboxylic acids is 2. The van der Waals surface area contributed by atoms with Gasteiger partial charge in [0.2, 0.25) is 0 Å². The fourth-order valence-electron chi connectivity index (χ4n) is 2.77. The van der Waals surface area contributed by atoms with Gasteiger partial charge in [-0.1, -0.05) is 76.8 Å². The third-order valence-corrected chi connectivity index (χ3v) is 4.35. The third kappa shape index (κ3) is 13.9. The summed E-state index contributed by atoms with van der Waals surface area (Å²) in [7, 11) is 4.32. The van der Waals surface area contributed by atoms with Gasteiger partial charge in [-0.05, 0) is 39.2 Å². The molecule has 1 rings (SSSR count). The number of nitrogens with zero attached hydrogens (tertiary/aromatic N) is 1.